The topological polar surface area (TPSA) is 388 Å². The van der Waals surface area contributed by atoms with E-state index in [-0.39, 0.29) is 31.1 Å². The van der Waals surface area contributed by atoms with Crippen LogP contribution in [0.5, 0.6) is 0 Å². The van der Waals surface area contributed by atoms with Crippen molar-refractivity contribution < 1.29 is 68.4 Å². The molecule has 0 fully saturated rings. The molecule has 23 nitrogen and oxygen atoms in total. The number of nitrogens with one attached hydrogen (secondary N) is 7. The van der Waals surface area contributed by atoms with Crippen molar-refractivity contribution in [2.75, 3.05) is 25.2 Å². The summed E-state index contributed by atoms with van der Waals surface area (Å²) >= 11 is 1.37. The molecule has 8 atom stereocenters. The molecule has 0 aliphatic carbocycles. The number of nitrogens with two attached hydrogens (primary N) is 2. The number of carboxylic acid groups (broad SMARTS) is 2. The van der Waals surface area contributed by atoms with Crippen LogP contribution < -0.4 is 48.7 Å². The van der Waals surface area contributed by atoms with Crippen molar-refractivity contribution in [2.24, 2.45) is 23.3 Å². The molecule has 0 rings (SSSR count). The van der Waals surface area contributed by atoms with Crippen molar-refractivity contribution in [1.29, 1.82) is 0 Å². The van der Waals surface area contributed by atoms with Crippen LogP contribution in [0.1, 0.15) is 73.1 Å². The van der Waals surface area contributed by atoms with Gasteiger partial charge < -0.3 is 69.1 Å². The molecule has 0 aliphatic heterocycles. The summed E-state index contributed by atoms with van der Waals surface area (Å²) < 4.78 is 0. The smallest absolute Gasteiger partial charge is 0.326 e. The molecule has 0 aromatic rings. The number of aliphatic carboxylic acids is 2. The summed E-state index contributed by atoms with van der Waals surface area (Å²) in [5.41, 5.74) is 10.8. The molecule has 0 aromatic heterocycles. The Balaban J connectivity index is 6.11. The number of aliphatic hydroxyl groups excluding tert-OH is 2. The minimum Gasteiger partial charge on any atom is -0.481 e. The van der Waals surface area contributed by atoms with Crippen LogP contribution in [0.15, 0.2) is 0 Å². The van der Waals surface area contributed by atoms with E-state index in [0.717, 1.165) is 0 Å². The zero-order chi connectivity index (χ0) is 45.6. The van der Waals surface area contributed by atoms with Gasteiger partial charge in [-0.15, -0.1) is 0 Å². The zero-order valence-corrected chi connectivity index (χ0v) is 34.9. The Hall–Kier alpha value is -5.07. The molecule has 0 radical (unpaired) electrons. The van der Waals surface area contributed by atoms with Gasteiger partial charge in [0.15, 0.2) is 0 Å². The standard InChI is InChI=1S/C35H61N9O14S/c1-16(2)11-22(31(53)40-21(35(57)58)9-10-59-6)41-28(50)18(5)38-30(52)20(7-8-27(48)49)39-33(55)24(13-26(37)47)43-34(56)25(15-46)44-32(54)23(12-17(3)4)42-29(51)19(36)14-45/h16-25,45-46H,7-15,36H2,1-6H3,(H2,37,47)(H,38,52)(H,39,55)(H,40,53)(H,41,50)(H,42,51)(H,43,56)(H,44,54)(H,48,49)(H,57,58)/t18-,19-,20-,21-,22-,23-,24-,25-/m0/s1. The van der Waals surface area contributed by atoms with Crippen molar-refractivity contribution in [1.82, 2.24) is 37.2 Å². The third kappa shape index (κ3) is 21.5. The molecular weight excluding hydrogens is 803 g/mol. The van der Waals surface area contributed by atoms with Crippen LogP contribution in [-0.2, 0) is 47.9 Å². The van der Waals surface area contributed by atoms with E-state index in [1.165, 1.54) is 18.7 Å². The quantitative estimate of drug-likeness (QED) is 0.0336. The van der Waals surface area contributed by atoms with Gasteiger partial charge in [-0.1, -0.05) is 27.7 Å². The number of carbonyl (C=O) groups is 10. The lowest BCUT2D eigenvalue weighted by atomic mass is 10.0. The van der Waals surface area contributed by atoms with Crippen LogP contribution in [0, 0.1) is 11.8 Å². The maximum Gasteiger partial charge on any atom is 0.326 e. The summed E-state index contributed by atoms with van der Waals surface area (Å²) in [7, 11) is 0. The van der Waals surface area contributed by atoms with Crippen molar-refractivity contribution >= 4 is 71.0 Å². The van der Waals surface area contributed by atoms with Crippen LogP contribution in [0.2, 0.25) is 0 Å². The minimum absolute atomic E-state index is 0.0435. The summed E-state index contributed by atoms with van der Waals surface area (Å²) in [6, 6.07) is -11.8. The van der Waals surface area contributed by atoms with E-state index in [1.54, 1.807) is 34.0 Å². The second kappa shape index (κ2) is 27.6. The molecular formula is C35H61N9O14S. The maximum atomic E-state index is 13.4. The summed E-state index contributed by atoms with van der Waals surface area (Å²) in [6.07, 6.45) is -0.0958. The van der Waals surface area contributed by atoms with E-state index in [2.05, 4.69) is 37.2 Å². The Morgan fingerprint density at radius 2 is 0.966 bits per heavy atom. The lowest BCUT2D eigenvalue weighted by Gasteiger charge is -2.27. The van der Waals surface area contributed by atoms with Gasteiger partial charge in [-0.3, -0.25) is 43.2 Å². The van der Waals surface area contributed by atoms with E-state index in [4.69, 9.17) is 11.5 Å². The van der Waals surface area contributed by atoms with E-state index >= 15 is 0 Å². The molecule has 24 heteroatoms. The van der Waals surface area contributed by atoms with Gasteiger partial charge in [0.05, 0.1) is 19.6 Å². The lowest BCUT2D eigenvalue weighted by molar-refractivity contribution is -0.142. The summed E-state index contributed by atoms with van der Waals surface area (Å²) in [5.74, 6) is -10.7. The molecule has 0 aliphatic rings. The molecule has 8 amide bonds. The van der Waals surface area contributed by atoms with E-state index < -0.39 is 140 Å². The van der Waals surface area contributed by atoms with Crippen LogP contribution in [0.25, 0.3) is 0 Å². The maximum absolute atomic E-state index is 13.4. The number of aliphatic hydroxyl groups is 2. The fourth-order valence-electron chi connectivity index (χ4n) is 5.17. The molecule has 15 N–H and O–H groups in total. The first-order valence-corrected chi connectivity index (χ1v) is 20.2. The molecule has 0 unspecified atom stereocenters. The second-order valence-electron chi connectivity index (χ2n) is 14.6. The first-order chi connectivity index (χ1) is 27.5. The molecule has 0 saturated carbocycles. The van der Waals surface area contributed by atoms with Crippen LogP contribution in [0.3, 0.4) is 0 Å². The highest BCUT2D eigenvalue weighted by molar-refractivity contribution is 7.98. The highest BCUT2D eigenvalue weighted by atomic mass is 32.2. The summed E-state index contributed by atoms with van der Waals surface area (Å²) in [4.78, 5) is 127. The number of hydrogen-bond donors (Lipinski definition) is 13. The van der Waals surface area contributed by atoms with Gasteiger partial charge in [-0.05, 0) is 56.5 Å². The van der Waals surface area contributed by atoms with Gasteiger partial charge >= 0.3 is 11.9 Å². The predicted octanol–water partition coefficient (Wildman–Crippen LogP) is -4.62. The Morgan fingerprint density at radius 1 is 0.542 bits per heavy atom. The van der Waals surface area contributed by atoms with E-state index in [9.17, 15) is 68.4 Å². The third-order valence-corrected chi connectivity index (χ3v) is 8.97. The molecule has 0 bridgehead atoms. The SMILES string of the molecule is CSCC[C@H](NC(=O)[C@H](CC(C)C)NC(=O)[C@H](C)NC(=O)[C@H](CCC(=O)O)NC(=O)[C@H](CC(N)=O)NC(=O)[C@H](CO)NC(=O)[C@H](CC(C)C)NC(=O)[C@@H](N)CO)C(=O)O. The fourth-order valence-corrected chi connectivity index (χ4v) is 5.64. The van der Waals surface area contributed by atoms with Crippen molar-refractivity contribution in [3.63, 3.8) is 0 Å². The molecule has 0 heterocycles. The number of carbonyl (C=O) groups excluding carboxylic acids is 8. The Labute approximate surface area is 346 Å². The van der Waals surface area contributed by atoms with Crippen molar-refractivity contribution in [3.8, 4) is 0 Å². The van der Waals surface area contributed by atoms with E-state index in [1.807, 2.05) is 0 Å². The highest BCUT2D eigenvalue weighted by Crippen LogP contribution is 2.10. The van der Waals surface area contributed by atoms with Crippen LogP contribution in [-0.4, -0.2) is 153 Å². The Morgan fingerprint density at radius 3 is 1.41 bits per heavy atom. The van der Waals surface area contributed by atoms with Crippen LogP contribution >= 0.6 is 11.8 Å². The average Bonchev–Trinajstić information content (AvgIpc) is 3.14. The predicted molar refractivity (Wildman–Crippen MR) is 212 cm³/mol. The van der Waals surface area contributed by atoms with Gasteiger partial charge in [0, 0.05) is 6.42 Å². The van der Waals surface area contributed by atoms with Gasteiger partial charge in [0.2, 0.25) is 47.3 Å². The van der Waals surface area contributed by atoms with Gasteiger partial charge in [-0.25, -0.2) is 4.79 Å². The first-order valence-electron chi connectivity index (χ1n) is 18.8. The van der Waals surface area contributed by atoms with E-state index in [0.29, 0.717) is 5.75 Å². The minimum atomic E-state index is -1.85. The molecule has 0 aromatic carbocycles. The third-order valence-electron chi connectivity index (χ3n) is 8.32. The highest BCUT2D eigenvalue weighted by Gasteiger charge is 2.34. The monoisotopic (exact) mass is 863 g/mol. The summed E-state index contributed by atoms with van der Waals surface area (Å²) in [6.45, 7) is 6.42. The lowest BCUT2D eigenvalue weighted by Crippen LogP contribution is -2.61. The molecule has 0 saturated heterocycles. The number of primary amides is 1. The molecule has 59 heavy (non-hydrogen) atoms. The molecule has 0 spiro atoms. The normalized spacial score (nSPS) is 15.2. The van der Waals surface area contributed by atoms with Gasteiger partial charge in [0.25, 0.3) is 0 Å². The number of carboxylic acids is 2. The Bertz CT molecular complexity index is 1480. The number of rotatable bonds is 29. The number of amides is 8. The number of thioether (sulfide) groups is 1. The van der Waals surface area contributed by atoms with Gasteiger partial charge in [0.1, 0.15) is 48.3 Å². The van der Waals surface area contributed by atoms with Crippen molar-refractivity contribution in [3.05, 3.63) is 0 Å². The van der Waals surface area contributed by atoms with Gasteiger partial charge in [-0.2, -0.15) is 11.8 Å². The average molecular weight is 864 g/mol. The first kappa shape index (κ1) is 53.9. The largest absolute Gasteiger partial charge is 0.481 e. The second-order valence-corrected chi connectivity index (χ2v) is 15.5. The summed E-state index contributed by atoms with van der Waals surface area (Å²) in [5, 5.41) is 54.1. The molecule has 336 valence electrons. The Kier molecular flexibility index (Phi) is 25.2. The number of hydrogen-bond acceptors (Lipinski definition) is 14. The fraction of sp³-hybridized carbons (Fsp3) is 0.714. The zero-order valence-electron chi connectivity index (χ0n) is 34.1. The van der Waals surface area contributed by atoms with Crippen molar-refractivity contribution in [2.45, 2.75) is 121 Å². The van der Waals surface area contributed by atoms with Crippen LogP contribution in [0.4, 0.5) is 0 Å².